The van der Waals surface area contributed by atoms with Gasteiger partial charge in [-0.3, -0.25) is 0 Å². The van der Waals surface area contributed by atoms with Crippen molar-refractivity contribution in [3.05, 3.63) is 63.9 Å². The van der Waals surface area contributed by atoms with Gasteiger partial charge in [-0.2, -0.15) is 0 Å². The van der Waals surface area contributed by atoms with E-state index in [0.717, 1.165) is 22.2 Å². The number of rotatable bonds is 6. The van der Waals surface area contributed by atoms with Crippen molar-refractivity contribution in [2.75, 3.05) is 7.05 Å². The van der Waals surface area contributed by atoms with Crippen LogP contribution in [0.3, 0.4) is 0 Å². The Kier molecular flexibility index (Phi) is 5.76. The molecule has 0 aliphatic carbocycles. The van der Waals surface area contributed by atoms with Gasteiger partial charge in [-0.1, -0.05) is 41.1 Å². The fourth-order valence-electron chi connectivity index (χ4n) is 2.29. The molecule has 0 spiro atoms. The highest BCUT2D eigenvalue weighted by Crippen LogP contribution is 2.28. The maximum Gasteiger partial charge on any atom is 0.129 e. The average Bonchev–Trinajstić information content (AvgIpc) is 2.50. The molecule has 2 aromatic rings. The van der Waals surface area contributed by atoms with Crippen LogP contribution in [0, 0.1) is 5.82 Å². The lowest BCUT2D eigenvalue weighted by molar-refractivity contribution is 0.293. The van der Waals surface area contributed by atoms with Gasteiger partial charge in [0.25, 0.3) is 0 Å². The minimum atomic E-state index is -0.253. The first kappa shape index (κ1) is 16.0. The maximum atomic E-state index is 13.8. The van der Waals surface area contributed by atoms with Crippen molar-refractivity contribution in [2.24, 2.45) is 0 Å². The summed E-state index contributed by atoms with van der Waals surface area (Å²) in [6.45, 7) is 2.33. The number of para-hydroxylation sites is 1. The van der Waals surface area contributed by atoms with Crippen molar-refractivity contribution in [1.29, 1.82) is 0 Å². The molecule has 1 atom stereocenters. The van der Waals surface area contributed by atoms with E-state index in [1.807, 2.05) is 31.3 Å². The highest BCUT2D eigenvalue weighted by Gasteiger charge is 2.13. The summed E-state index contributed by atoms with van der Waals surface area (Å²) in [7, 11) is 1.93. The van der Waals surface area contributed by atoms with Crippen molar-refractivity contribution in [2.45, 2.75) is 26.0 Å². The van der Waals surface area contributed by atoms with E-state index < -0.39 is 0 Å². The van der Waals surface area contributed by atoms with Crippen molar-refractivity contribution < 1.29 is 9.13 Å². The molecule has 0 radical (unpaired) electrons. The first-order valence-corrected chi connectivity index (χ1v) is 7.78. The van der Waals surface area contributed by atoms with Gasteiger partial charge in [-0.05, 0) is 37.7 Å². The zero-order valence-electron chi connectivity index (χ0n) is 12.2. The molecule has 0 fully saturated rings. The lowest BCUT2D eigenvalue weighted by Crippen LogP contribution is -2.16. The van der Waals surface area contributed by atoms with E-state index >= 15 is 0 Å². The number of hydrogen-bond acceptors (Lipinski definition) is 2. The topological polar surface area (TPSA) is 21.3 Å². The average molecular weight is 352 g/mol. The van der Waals surface area contributed by atoms with Crippen LogP contribution in [0.2, 0.25) is 0 Å². The summed E-state index contributed by atoms with van der Waals surface area (Å²) >= 11 is 3.35. The molecule has 0 saturated heterocycles. The van der Waals surface area contributed by atoms with Crippen LogP contribution >= 0.6 is 15.9 Å². The highest BCUT2D eigenvalue weighted by molar-refractivity contribution is 9.10. The number of halogens is 2. The maximum absolute atomic E-state index is 13.8. The summed E-state index contributed by atoms with van der Waals surface area (Å²) in [5.41, 5.74) is 1.63. The van der Waals surface area contributed by atoms with Crippen molar-refractivity contribution in [1.82, 2.24) is 5.32 Å². The molecular weight excluding hydrogens is 333 g/mol. The summed E-state index contributed by atoms with van der Waals surface area (Å²) in [5.74, 6) is 0.536. The Hall–Kier alpha value is -1.39. The number of hydrogen-bond donors (Lipinski definition) is 1. The Morgan fingerprint density at radius 2 is 2.00 bits per heavy atom. The Labute approximate surface area is 133 Å². The van der Waals surface area contributed by atoms with Crippen molar-refractivity contribution in [3.8, 4) is 5.75 Å². The van der Waals surface area contributed by atoms with E-state index in [4.69, 9.17) is 4.74 Å². The standard InChI is InChI=1S/C17H19BrFNO/c1-3-16(20-2)14-6-4-5-7-17(14)21-11-12-10-13(18)8-9-15(12)19/h4-10,16,20H,3,11H2,1-2H3. The van der Waals surface area contributed by atoms with E-state index in [-0.39, 0.29) is 18.5 Å². The van der Waals surface area contributed by atoms with Crippen LogP contribution in [0.4, 0.5) is 4.39 Å². The van der Waals surface area contributed by atoms with Crippen LogP contribution in [0.15, 0.2) is 46.9 Å². The van der Waals surface area contributed by atoms with Gasteiger partial charge in [0.15, 0.2) is 0 Å². The van der Waals surface area contributed by atoms with E-state index in [9.17, 15) is 4.39 Å². The lowest BCUT2D eigenvalue weighted by Gasteiger charge is -2.19. The molecule has 4 heteroatoms. The second kappa shape index (κ2) is 7.57. The SMILES string of the molecule is CCC(NC)c1ccccc1OCc1cc(Br)ccc1F. The summed E-state index contributed by atoms with van der Waals surface area (Å²) in [6, 6.07) is 13.0. The second-order valence-electron chi connectivity index (χ2n) is 4.81. The summed E-state index contributed by atoms with van der Waals surface area (Å²) in [4.78, 5) is 0. The molecule has 2 rings (SSSR count). The quantitative estimate of drug-likeness (QED) is 0.803. The van der Waals surface area contributed by atoms with E-state index in [1.165, 1.54) is 6.07 Å². The molecule has 0 heterocycles. The van der Waals surface area contributed by atoms with E-state index in [2.05, 4.69) is 28.2 Å². The van der Waals surface area contributed by atoms with Crippen LogP contribution in [0.1, 0.15) is 30.5 Å². The molecule has 0 aromatic heterocycles. The summed E-state index contributed by atoms with van der Waals surface area (Å²) < 4.78 is 20.4. The van der Waals surface area contributed by atoms with Crippen LogP contribution in [-0.4, -0.2) is 7.05 Å². The van der Waals surface area contributed by atoms with Crippen LogP contribution in [-0.2, 0) is 6.61 Å². The monoisotopic (exact) mass is 351 g/mol. The highest BCUT2D eigenvalue weighted by atomic mass is 79.9. The Morgan fingerprint density at radius 1 is 1.24 bits per heavy atom. The minimum absolute atomic E-state index is 0.211. The van der Waals surface area contributed by atoms with Crippen LogP contribution in [0.5, 0.6) is 5.75 Å². The van der Waals surface area contributed by atoms with Crippen LogP contribution < -0.4 is 10.1 Å². The first-order chi connectivity index (χ1) is 10.2. The molecule has 1 N–H and O–H groups in total. The third kappa shape index (κ3) is 4.05. The normalized spacial score (nSPS) is 12.2. The molecule has 0 aliphatic rings. The molecule has 2 nitrogen and oxygen atoms in total. The Bertz CT molecular complexity index is 599. The predicted molar refractivity (Wildman–Crippen MR) is 87.0 cm³/mol. The fraction of sp³-hybridized carbons (Fsp3) is 0.294. The third-order valence-electron chi connectivity index (χ3n) is 3.44. The van der Waals surface area contributed by atoms with Gasteiger partial charge in [-0.25, -0.2) is 4.39 Å². The summed E-state index contributed by atoms with van der Waals surface area (Å²) in [6.07, 6.45) is 0.960. The van der Waals surface area contributed by atoms with E-state index in [0.29, 0.717) is 5.56 Å². The smallest absolute Gasteiger partial charge is 0.129 e. The Balaban J connectivity index is 2.18. The molecule has 0 saturated carbocycles. The van der Waals surface area contributed by atoms with Crippen molar-refractivity contribution in [3.63, 3.8) is 0 Å². The number of benzene rings is 2. The van der Waals surface area contributed by atoms with Gasteiger partial charge in [0.05, 0.1) is 0 Å². The van der Waals surface area contributed by atoms with Crippen molar-refractivity contribution >= 4 is 15.9 Å². The van der Waals surface area contributed by atoms with Gasteiger partial charge in [0, 0.05) is 21.6 Å². The molecular formula is C17H19BrFNO. The minimum Gasteiger partial charge on any atom is -0.488 e. The number of nitrogens with one attached hydrogen (secondary N) is 1. The fourth-order valence-corrected chi connectivity index (χ4v) is 2.70. The van der Waals surface area contributed by atoms with E-state index in [1.54, 1.807) is 12.1 Å². The predicted octanol–water partition coefficient (Wildman–Crippen LogP) is 4.84. The molecule has 2 aromatic carbocycles. The molecule has 0 bridgehead atoms. The first-order valence-electron chi connectivity index (χ1n) is 6.98. The Morgan fingerprint density at radius 3 is 2.71 bits per heavy atom. The second-order valence-corrected chi connectivity index (χ2v) is 5.73. The zero-order chi connectivity index (χ0) is 15.2. The number of ether oxygens (including phenoxy) is 1. The third-order valence-corrected chi connectivity index (χ3v) is 3.94. The molecule has 1 unspecified atom stereocenters. The zero-order valence-corrected chi connectivity index (χ0v) is 13.8. The van der Waals surface area contributed by atoms with Gasteiger partial charge in [0.1, 0.15) is 18.2 Å². The molecule has 0 amide bonds. The molecule has 21 heavy (non-hydrogen) atoms. The van der Waals surface area contributed by atoms with Gasteiger partial charge < -0.3 is 10.1 Å². The molecule has 112 valence electrons. The van der Waals surface area contributed by atoms with Gasteiger partial charge in [0.2, 0.25) is 0 Å². The lowest BCUT2D eigenvalue weighted by atomic mass is 10.0. The van der Waals surface area contributed by atoms with Gasteiger partial charge in [-0.15, -0.1) is 0 Å². The largest absolute Gasteiger partial charge is 0.488 e. The van der Waals surface area contributed by atoms with Gasteiger partial charge >= 0.3 is 0 Å². The van der Waals surface area contributed by atoms with Crippen LogP contribution in [0.25, 0.3) is 0 Å². The summed E-state index contributed by atoms with van der Waals surface area (Å²) in [5, 5.41) is 3.27. The molecule has 0 aliphatic heterocycles.